The van der Waals surface area contributed by atoms with Gasteiger partial charge in [-0.2, -0.15) is 0 Å². The van der Waals surface area contributed by atoms with Crippen molar-refractivity contribution >= 4 is 53.9 Å². The Bertz CT molecular complexity index is 1040. The molecule has 1 fully saturated rings. The average molecular weight is 552 g/mol. The summed E-state index contributed by atoms with van der Waals surface area (Å²) in [4.78, 5) is 40.0. The molecule has 4 rings (SSSR count). The van der Waals surface area contributed by atoms with Gasteiger partial charge in [-0.3, -0.25) is 4.79 Å². The summed E-state index contributed by atoms with van der Waals surface area (Å²) in [5.74, 6) is 0.135. The van der Waals surface area contributed by atoms with Crippen molar-refractivity contribution in [2.45, 2.75) is 45.6 Å². The molecule has 1 saturated heterocycles. The molecule has 1 atom stereocenters. The Morgan fingerprint density at radius 1 is 1.08 bits per heavy atom. The summed E-state index contributed by atoms with van der Waals surface area (Å²) in [7, 11) is 2.15. The summed E-state index contributed by atoms with van der Waals surface area (Å²) in [5.41, 5.74) is 1.67. The fraction of sp³-hybridized carbons (Fsp3) is 0.519. The van der Waals surface area contributed by atoms with Crippen LogP contribution in [0.2, 0.25) is 0 Å². The molecule has 0 bridgehead atoms. The highest BCUT2D eigenvalue weighted by Crippen LogP contribution is 2.38. The fourth-order valence-electron chi connectivity index (χ4n) is 5.15. The second kappa shape index (κ2) is 14.5. The van der Waals surface area contributed by atoms with Gasteiger partial charge in [0.15, 0.2) is 5.82 Å². The summed E-state index contributed by atoms with van der Waals surface area (Å²) in [5, 5.41) is 2.95. The van der Waals surface area contributed by atoms with Crippen molar-refractivity contribution < 1.29 is 9.59 Å². The van der Waals surface area contributed by atoms with Crippen LogP contribution in [0.25, 0.3) is 0 Å². The molecule has 2 aliphatic heterocycles. The average Bonchev–Trinajstić information content (AvgIpc) is 3.00. The molecule has 0 radical (unpaired) electrons. The number of hydrogen-bond donors (Lipinski definition) is 1. The van der Waals surface area contributed by atoms with Crippen LogP contribution in [0.1, 0.15) is 49.9 Å². The molecular formula is C27H40Cl2N6O2. The Kier molecular flexibility index (Phi) is 12.1. The Hall–Kier alpha value is -2.39. The number of carbonyl (C=O) groups excluding carboxylic acids is 2. The predicted octanol–water partition coefficient (Wildman–Crippen LogP) is 5.27. The molecule has 1 unspecified atom stereocenters. The minimum absolute atomic E-state index is 0. The molecule has 0 spiro atoms. The normalized spacial score (nSPS) is 16.8. The molecule has 1 aromatic carbocycles. The number of rotatable bonds is 8. The summed E-state index contributed by atoms with van der Waals surface area (Å²) in [6, 6.07) is 10.9. The molecule has 10 heteroatoms. The van der Waals surface area contributed by atoms with Gasteiger partial charge in [0, 0.05) is 25.3 Å². The van der Waals surface area contributed by atoms with Gasteiger partial charge in [-0.1, -0.05) is 26.0 Å². The summed E-state index contributed by atoms with van der Waals surface area (Å²) in [6.07, 6.45) is 5.83. The number of hydrogen-bond acceptors (Lipinski definition) is 5. The lowest BCUT2D eigenvalue weighted by Crippen LogP contribution is -2.53. The number of piperidine rings is 1. The first-order valence-electron chi connectivity index (χ1n) is 12.9. The third kappa shape index (κ3) is 7.13. The van der Waals surface area contributed by atoms with E-state index in [1.165, 1.54) is 0 Å². The van der Waals surface area contributed by atoms with Crippen LogP contribution in [0.15, 0.2) is 42.6 Å². The van der Waals surface area contributed by atoms with Crippen molar-refractivity contribution in [2.24, 2.45) is 0 Å². The van der Waals surface area contributed by atoms with E-state index < -0.39 is 0 Å². The van der Waals surface area contributed by atoms with E-state index in [1.54, 1.807) is 23.2 Å². The Morgan fingerprint density at radius 3 is 2.59 bits per heavy atom. The number of pyridine rings is 1. The van der Waals surface area contributed by atoms with E-state index in [0.29, 0.717) is 29.3 Å². The SMILES string of the molecule is CCN(CC)CCCN(C)CC1CCCCN1C(=O)N1c2ccccc2NC(=O)c2cccnc21.Cl.Cl. The first-order valence-corrected chi connectivity index (χ1v) is 12.9. The third-order valence-electron chi connectivity index (χ3n) is 7.13. The maximum Gasteiger partial charge on any atom is 0.330 e. The highest BCUT2D eigenvalue weighted by atomic mass is 35.5. The molecular weight excluding hydrogens is 511 g/mol. The van der Waals surface area contributed by atoms with Crippen molar-refractivity contribution in [3.8, 4) is 0 Å². The van der Waals surface area contributed by atoms with E-state index in [-0.39, 0.29) is 42.8 Å². The van der Waals surface area contributed by atoms with Crippen LogP contribution in [0.4, 0.5) is 22.0 Å². The van der Waals surface area contributed by atoms with Crippen molar-refractivity contribution in [3.63, 3.8) is 0 Å². The molecule has 2 aromatic rings. The number of fused-ring (bicyclic) bond motifs is 2. The van der Waals surface area contributed by atoms with Crippen molar-refractivity contribution in [2.75, 3.05) is 56.5 Å². The van der Waals surface area contributed by atoms with Gasteiger partial charge in [0.1, 0.15) is 0 Å². The number of anilines is 3. The molecule has 8 nitrogen and oxygen atoms in total. The van der Waals surface area contributed by atoms with Crippen LogP contribution in [-0.4, -0.2) is 84.0 Å². The molecule has 3 heterocycles. The highest BCUT2D eigenvalue weighted by Gasteiger charge is 2.36. The van der Waals surface area contributed by atoms with Crippen LogP contribution in [0, 0.1) is 0 Å². The number of para-hydroxylation sites is 2. The zero-order valence-corrected chi connectivity index (χ0v) is 23.7. The van der Waals surface area contributed by atoms with Gasteiger partial charge >= 0.3 is 6.03 Å². The number of urea groups is 1. The lowest BCUT2D eigenvalue weighted by molar-refractivity contribution is 0.102. The zero-order chi connectivity index (χ0) is 24.8. The van der Waals surface area contributed by atoms with Crippen LogP contribution in [0.3, 0.4) is 0 Å². The highest BCUT2D eigenvalue weighted by molar-refractivity contribution is 6.16. The lowest BCUT2D eigenvalue weighted by atomic mass is 10.0. The van der Waals surface area contributed by atoms with E-state index in [9.17, 15) is 9.59 Å². The minimum atomic E-state index is -0.251. The maximum absolute atomic E-state index is 14.2. The minimum Gasteiger partial charge on any atom is -0.320 e. The molecule has 0 saturated carbocycles. The van der Waals surface area contributed by atoms with E-state index in [0.717, 1.165) is 58.4 Å². The van der Waals surface area contributed by atoms with Gasteiger partial charge in [0.2, 0.25) is 0 Å². The first kappa shape index (κ1) is 30.8. The third-order valence-corrected chi connectivity index (χ3v) is 7.13. The second-order valence-corrected chi connectivity index (χ2v) is 9.45. The zero-order valence-electron chi connectivity index (χ0n) is 22.1. The van der Waals surface area contributed by atoms with Crippen molar-refractivity contribution in [3.05, 3.63) is 48.2 Å². The number of nitrogens with zero attached hydrogens (tertiary/aromatic N) is 5. The number of carbonyl (C=O) groups is 2. The van der Waals surface area contributed by atoms with Crippen LogP contribution >= 0.6 is 24.8 Å². The van der Waals surface area contributed by atoms with Crippen molar-refractivity contribution in [1.29, 1.82) is 0 Å². The second-order valence-electron chi connectivity index (χ2n) is 9.45. The van der Waals surface area contributed by atoms with Crippen molar-refractivity contribution in [1.82, 2.24) is 19.7 Å². The molecule has 37 heavy (non-hydrogen) atoms. The van der Waals surface area contributed by atoms with Gasteiger partial charge in [-0.25, -0.2) is 14.7 Å². The Balaban J connectivity index is 0.00000241. The number of benzene rings is 1. The van der Waals surface area contributed by atoms with Gasteiger partial charge < -0.3 is 20.0 Å². The van der Waals surface area contributed by atoms with E-state index in [2.05, 4.69) is 41.0 Å². The topological polar surface area (TPSA) is 72.0 Å². The Morgan fingerprint density at radius 2 is 1.84 bits per heavy atom. The van der Waals surface area contributed by atoms with Crippen LogP contribution in [0.5, 0.6) is 0 Å². The molecule has 0 aliphatic carbocycles. The predicted molar refractivity (Wildman–Crippen MR) is 155 cm³/mol. The van der Waals surface area contributed by atoms with Crippen LogP contribution < -0.4 is 10.2 Å². The number of halogens is 2. The molecule has 1 aromatic heterocycles. The van der Waals surface area contributed by atoms with Gasteiger partial charge in [-0.05, 0) is 83.2 Å². The van der Waals surface area contributed by atoms with Gasteiger partial charge in [0.25, 0.3) is 5.91 Å². The van der Waals surface area contributed by atoms with E-state index in [4.69, 9.17) is 0 Å². The Labute approximate surface area is 233 Å². The molecule has 3 amide bonds. The quantitative estimate of drug-likeness (QED) is 0.484. The van der Waals surface area contributed by atoms with E-state index >= 15 is 0 Å². The standard InChI is InChI=1S/C27H38N6O2.2ClH/c1-4-31(5-2)18-11-17-30(3)20-21-12-8-9-19-32(21)27(35)33-24-15-7-6-14-23(24)29-26(34)22-13-10-16-28-25(22)33;;/h6-7,10,13-16,21H,4-5,8-9,11-12,17-20H2,1-3H3,(H,29,34);2*1H. The summed E-state index contributed by atoms with van der Waals surface area (Å²) >= 11 is 0. The number of aromatic nitrogens is 1. The number of amides is 3. The number of likely N-dealkylation sites (N-methyl/N-ethyl adjacent to an activating group) is 1. The number of likely N-dealkylation sites (tertiary alicyclic amines) is 1. The smallest absolute Gasteiger partial charge is 0.320 e. The lowest BCUT2D eigenvalue weighted by Gasteiger charge is -2.40. The molecule has 204 valence electrons. The molecule has 1 N–H and O–H groups in total. The summed E-state index contributed by atoms with van der Waals surface area (Å²) in [6.45, 7) is 10.2. The first-order chi connectivity index (χ1) is 17.0. The number of nitrogens with one attached hydrogen (secondary N) is 1. The fourth-order valence-corrected chi connectivity index (χ4v) is 5.15. The van der Waals surface area contributed by atoms with Gasteiger partial charge in [-0.15, -0.1) is 24.8 Å². The summed E-state index contributed by atoms with van der Waals surface area (Å²) < 4.78 is 0. The maximum atomic E-state index is 14.2. The van der Waals surface area contributed by atoms with Gasteiger partial charge in [0.05, 0.1) is 16.9 Å². The van der Waals surface area contributed by atoms with Crippen LogP contribution in [-0.2, 0) is 0 Å². The largest absolute Gasteiger partial charge is 0.330 e. The molecule has 2 aliphatic rings. The van der Waals surface area contributed by atoms with E-state index in [1.807, 2.05) is 29.2 Å². The monoisotopic (exact) mass is 550 g/mol.